The number of anilines is 1. The quantitative estimate of drug-likeness (QED) is 0.636. The van der Waals surface area contributed by atoms with E-state index in [0.29, 0.717) is 0 Å². The van der Waals surface area contributed by atoms with Gasteiger partial charge in [-0.2, -0.15) is 0 Å². The monoisotopic (exact) mass is 388 g/mol. The number of hydrogen-bond donors (Lipinski definition) is 1. The second-order valence-electron chi connectivity index (χ2n) is 4.80. The van der Waals surface area contributed by atoms with Crippen LogP contribution in [0.15, 0.2) is 41.3 Å². The summed E-state index contributed by atoms with van der Waals surface area (Å²) >= 11 is 11.8. The normalized spacial score (nSPS) is 11.1. The van der Waals surface area contributed by atoms with Gasteiger partial charge in [0, 0.05) is 24.1 Å². The molecule has 0 aliphatic carbocycles. The molecule has 0 fully saturated rings. The predicted molar refractivity (Wildman–Crippen MR) is 90.6 cm³/mol. The minimum absolute atomic E-state index is 0.0289. The molecule has 0 radical (unpaired) electrons. The van der Waals surface area contributed by atoms with Crippen molar-refractivity contribution >= 4 is 50.3 Å². The van der Waals surface area contributed by atoms with Gasteiger partial charge in [-0.15, -0.1) is 0 Å². The SMILES string of the molecule is CS(=O)(=O)c1cccc(NC(=O)c2c(Cl)cc([N+](=O)[O-])cc2Cl)c1. The molecule has 2 aromatic rings. The first-order chi connectivity index (χ1) is 11.1. The maximum absolute atomic E-state index is 12.3. The third kappa shape index (κ3) is 4.02. The Labute approximate surface area is 147 Å². The van der Waals surface area contributed by atoms with E-state index in [-0.39, 0.29) is 31.9 Å². The molecule has 0 unspecified atom stereocenters. The highest BCUT2D eigenvalue weighted by molar-refractivity contribution is 7.90. The number of amides is 1. The summed E-state index contributed by atoms with van der Waals surface area (Å²) in [5, 5.41) is 12.8. The van der Waals surface area contributed by atoms with Gasteiger partial charge in [0.2, 0.25) is 0 Å². The van der Waals surface area contributed by atoms with E-state index in [1.165, 1.54) is 24.3 Å². The van der Waals surface area contributed by atoms with Crippen molar-refractivity contribution < 1.29 is 18.1 Å². The average Bonchev–Trinajstić information content (AvgIpc) is 2.45. The van der Waals surface area contributed by atoms with Gasteiger partial charge in [-0.1, -0.05) is 29.3 Å². The number of non-ortho nitro benzene ring substituents is 1. The van der Waals surface area contributed by atoms with Gasteiger partial charge in [0.15, 0.2) is 9.84 Å². The van der Waals surface area contributed by atoms with E-state index in [2.05, 4.69) is 5.32 Å². The third-order valence-electron chi connectivity index (χ3n) is 2.98. The van der Waals surface area contributed by atoms with Crippen molar-refractivity contribution in [3.8, 4) is 0 Å². The number of benzene rings is 2. The highest BCUT2D eigenvalue weighted by atomic mass is 35.5. The molecular weight excluding hydrogens is 379 g/mol. The lowest BCUT2D eigenvalue weighted by molar-refractivity contribution is -0.384. The fraction of sp³-hybridized carbons (Fsp3) is 0.0714. The molecule has 0 aliphatic rings. The molecule has 7 nitrogen and oxygen atoms in total. The van der Waals surface area contributed by atoms with Crippen LogP contribution < -0.4 is 5.32 Å². The van der Waals surface area contributed by atoms with Crippen LogP contribution >= 0.6 is 23.2 Å². The van der Waals surface area contributed by atoms with Crippen molar-refractivity contribution in [2.24, 2.45) is 0 Å². The number of rotatable bonds is 4. The van der Waals surface area contributed by atoms with Crippen LogP contribution in [0.3, 0.4) is 0 Å². The maximum Gasteiger partial charge on any atom is 0.272 e. The molecule has 1 amide bonds. The van der Waals surface area contributed by atoms with Crippen molar-refractivity contribution in [3.63, 3.8) is 0 Å². The zero-order chi connectivity index (χ0) is 18.1. The number of nitro groups is 1. The Hall–Kier alpha value is -2.16. The summed E-state index contributed by atoms with van der Waals surface area (Å²) in [7, 11) is -3.44. The van der Waals surface area contributed by atoms with E-state index in [1.54, 1.807) is 0 Å². The molecule has 0 aliphatic heterocycles. The molecule has 24 heavy (non-hydrogen) atoms. The third-order valence-corrected chi connectivity index (χ3v) is 4.69. The maximum atomic E-state index is 12.3. The summed E-state index contributed by atoms with van der Waals surface area (Å²) in [6.45, 7) is 0. The van der Waals surface area contributed by atoms with Crippen LogP contribution in [-0.4, -0.2) is 25.5 Å². The highest BCUT2D eigenvalue weighted by Gasteiger charge is 2.20. The lowest BCUT2D eigenvalue weighted by Gasteiger charge is -2.09. The Morgan fingerprint density at radius 2 is 1.75 bits per heavy atom. The van der Waals surface area contributed by atoms with Gasteiger partial charge in [-0.3, -0.25) is 14.9 Å². The van der Waals surface area contributed by atoms with Gasteiger partial charge in [0.05, 0.1) is 25.4 Å². The van der Waals surface area contributed by atoms with Crippen LogP contribution in [-0.2, 0) is 9.84 Å². The average molecular weight is 389 g/mol. The summed E-state index contributed by atoms with van der Waals surface area (Å²) in [4.78, 5) is 22.4. The Morgan fingerprint density at radius 1 is 1.17 bits per heavy atom. The number of carbonyl (C=O) groups excluding carboxylic acids is 1. The fourth-order valence-electron chi connectivity index (χ4n) is 1.88. The summed E-state index contributed by atoms with van der Waals surface area (Å²) in [6, 6.07) is 7.63. The number of sulfone groups is 1. The second kappa shape index (κ2) is 6.76. The van der Waals surface area contributed by atoms with Gasteiger partial charge < -0.3 is 5.32 Å². The van der Waals surface area contributed by atoms with Crippen LogP contribution in [0.5, 0.6) is 0 Å². The topological polar surface area (TPSA) is 106 Å². The first kappa shape index (κ1) is 18.2. The molecule has 2 aromatic carbocycles. The summed E-state index contributed by atoms with van der Waals surface area (Å²) < 4.78 is 23.1. The van der Waals surface area contributed by atoms with Gasteiger partial charge in [0.1, 0.15) is 0 Å². The Kier molecular flexibility index (Phi) is 5.12. The molecule has 0 spiro atoms. The Bertz CT molecular complexity index is 921. The van der Waals surface area contributed by atoms with Crippen molar-refractivity contribution in [3.05, 3.63) is 62.1 Å². The zero-order valence-corrected chi connectivity index (χ0v) is 14.4. The van der Waals surface area contributed by atoms with Crippen molar-refractivity contribution in [2.45, 2.75) is 4.90 Å². The van der Waals surface area contributed by atoms with Gasteiger partial charge in [-0.05, 0) is 18.2 Å². The van der Waals surface area contributed by atoms with Crippen molar-refractivity contribution in [1.82, 2.24) is 0 Å². The zero-order valence-electron chi connectivity index (χ0n) is 12.1. The minimum Gasteiger partial charge on any atom is -0.322 e. The molecule has 1 N–H and O–H groups in total. The summed E-state index contributed by atoms with van der Waals surface area (Å²) in [6.07, 6.45) is 1.04. The van der Waals surface area contributed by atoms with E-state index in [4.69, 9.17) is 23.2 Å². The van der Waals surface area contributed by atoms with E-state index in [0.717, 1.165) is 18.4 Å². The molecule has 2 rings (SSSR count). The van der Waals surface area contributed by atoms with Gasteiger partial charge >= 0.3 is 0 Å². The van der Waals surface area contributed by atoms with Crippen LogP contribution in [0, 0.1) is 10.1 Å². The predicted octanol–water partition coefficient (Wildman–Crippen LogP) is 3.56. The van der Waals surface area contributed by atoms with E-state index < -0.39 is 20.7 Å². The van der Waals surface area contributed by atoms with E-state index >= 15 is 0 Å². The first-order valence-corrected chi connectivity index (χ1v) is 8.99. The van der Waals surface area contributed by atoms with Crippen LogP contribution in [0.25, 0.3) is 0 Å². The van der Waals surface area contributed by atoms with Crippen LogP contribution in [0.2, 0.25) is 10.0 Å². The van der Waals surface area contributed by atoms with Gasteiger partial charge in [0.25, 0.3) is 11.6 Å². The Morgan fingerprint density at radius 3 is 2.25 bits per heavy atom. The van der Waals surface area contributed by atoms with Crippen LogP contribution in [0.1, 0.15) is 10.4 Å². The molecule has 0 bridgehead atoms. The summed E-state index contributed by atoms with van der Waals surface area (Å²) in [5.41, 5.74) is -0.275. The minimum atomic E-state index is -3.44. The number of nitrogens with one attached hydrogen (secondary N) is 1. The van der Waals surface area contributed by atoms with Gasteiger partial charge in [-0.25, -0.2) is 8.42 Å². The lowest BCUT2D eigenvalue weighted by atomic mass is 10.2. The number of nitrogens with zero attached hydrogens (tertiary/aromatic N) is 1. The van der Waals surface area contributed by atoms with E-state index in [1.807, 2.05) is 0 Å². The number of halogens is 2. The molecule has 0 heterocycles. The second-order valence-corrected chi connectivity index (χ2v) is 7.63. The standard InChI is InChI=1S/C14H10Cl2N2O5S/c1-24(22,23)10-4-2-3-8(5-10)17-14(19)13-11(15)6-9(18(20)21)7-12(13)16/h2-7H,1H3,(H,17,19). The lowest BCUT2D eigenvalue weighted by Crippen LogP contribution is -2.14. The van der Waals surface area contributed by atoms with Crippen molar-refractivity contribution in [1.29, 1.82) is 0 Å². The van der Waals surface area contributed by atoms with E-state index in [9.17, 15) is 23.3 Å². The summed E-state index contributed by atoms with van der Waals surface area (Å²) in [5.74, 6) is -0.717. The van der Waals surface area contributed by atoms with Crippen LogP contribution in [0.4, 0.5) is 11.4 Å². The largest absolute Gasteiger partial charge is 0.322 e. The smallest absolute Gasteiger partial charge is 0.272 e. The van der Waals surface area contributed by atoms with Crippen molar-refractivity contribution in [2.75, 3.05) is 11.6 Å². The molecule has 126 valence electrons. The Balaban J connectivity index is 2.36. The molecular formula is C14H10Cl2N2O5S. The number of hydrogen-bond acceptors (Lipinski definition) is 5. The highest BCUT2D eigenvalue weighted by Crippen LogP contribution is 2.31. The fourth-order valence-corrected chi connectivity index (χ4v) is 3.19. The molecule has 0 atom stereocenters. The molecule has 0 saturated heterocycles. The molecule has 0 saturated carbocycles. The first-order valence-electron chi connectivity index (χ1n) is 6.34. The molecule has 10 heteroatoms. The number of carbonyl (C=O) groups is 1. The number of nitro benzene ring substituents is 1. The molecule has 0 aromatic heterocycles.